The fraction of sp³-hybridized carbons (Fsp3) is 0.250. The molecule has 6 heteroatoms. The standard InChI is InChI=1S/C16H14F2N2O2/c17-16(18)14(12-7-4-8-19-9-12)20(15(16)22)13(10-21)11-5-2-1-3-6-11/h1-9,13-14,21H,10H2/t13-,14-/m0/s1. The molecule has 0 radical (unpaired) electrons. The van der Waals surface area contributed by atoms with E-state index >= 15 is 0 Å². The third kappa shape index (κ3) is 2.16. The summed E-state index contributed by atoms with van der Waals surface area (Å²) in [6.07, 6.45) is 2.80. The minimum absolute atomic E-state index is 0.251. The number of carbonyl (C=O) groups excluding carboxylic acids is 1. The number of β-lactam (4-membered cyclic amide) rings is 1. The van der Waals surface area contributed by atoms with Crippen molar-refractivity contribution in [1.29, 1.82) is 0 Å². The van der Waals surface area contributed by atoms with E-state index in [-0.39, 0.29) is 5.56 Å². The molecule has 1 aliphatic rings. The molecule has 0 spiro atoms. The van der Waals surface area contributed by atoms with Gasteiger partial charge in [0, 0.05) is 12.4 Å². The van der Waals surface area contributed by atoms with Crippen LogP contribution in [0.1, 0.15) is 23.2 Å². The molecule has 3 rings (SSSR count). The molecule has 1 aliphatic heterocycles. The zero-order valence-corrected chi connectivity index (χ0v) is 11.6. The van der Waals surface area contributed by atoms with Crippen LogP contribution in [0.25, 0.3) is 0 Å². The topological polar surface area (TPSA) is 53.4 Å². The first-order valence-corrected chi connectivity index (χ1v) is 6.83. The molecule has 1 fully saturated rings. The smallest absolute Gasteiger partial charge is 0.348 e. The van der Waals surface area contributed by atoms with Crippen LogP contribution in [0.3, 0.4) is 0 Å². The van der Waals surface area contributed by atoms with Gasteiger partial charge in [-0.3, -0.25) is 9.78 Å². The summed E-state index contributed by atoms with van der Waals surface area (Å²) < 4.78 is 28.1. The van der Waals surface area contributed by atoms with Gasteiger partial charge in [-0.2, -0.15) is 8.78 Å². The second-order valence-corrected chi connectivity index (χ2v) is 5.13. The maximum Gasteiger partial charge on any atom is 0.348 e. The Kier molecular flexibility index (Phi) is 3.62. The number of rotatable bonds is 4. The maximum absolute atomic E-state index is 14.0. The van der Waals surface area contributed by atoms with Crippen molar-refractivity contribution >= 4 is 5.91 Å². The lowest BCUT2D eigenvalue weighted by Gasteiger charge is -2.50. The molecule has 114 valence electrons. The first-order valence-electron chi connectivity index (χ1n) is 6.83. The molecule has 0 unspecified atom stereocenters. The highest BCUT2D eigenvalue weighted by atomic mass is 19.3. The maximum atomic E-state index is 14.0. The Morgan fingerprint density at radius 1 is 1.23 bits per heavy atom. The Bertz CT molecular complexity index is 664. The second-order valence-electron chi connectivity index (χ2n) is 5.13. The summed E-state index contributed by atoms with van der Waals surface area (Å²) in [7, 11) is 0. The van der Waals surface area contributed by atoms with E-state index in [1.807, 2.05) is 0 Å². The summed E-state index contributed by atoms with van der Waals surface area (Å²) in [4.78, 5) is 16.8. The van der Waals surface area contributed by atoms with Crippen molar-refractivity contribution in [2.45, 2.75) is 18.0 Å². The zero-order valence-electron chi connectivity index (χ0n) is 11.6. The van der Waals surface area contributed by atoms with Gasteiger partial charge in [-0.15, -0.1) is 0 Å². The summed E-state index contributed by atoms with van der Waals surface area (Å²) >= 11 is 0. The van der Waals surface area contributed by atoms with E-state index in [0.717, 1.165) is 4.90 Å². The van der Waals surface area contributed by atoms with Crippen LogP contribution >= 0.6 is 0 Å². The minimum atomic E-state index is -3.48. The summed E-state index contributed by atoms with van der Waals surface area (Å²) in [5.74, 6) is -4.75. The second kappa shape index (κ2) is 5.46. The molecule has 0 aliphatic carbocycles. The first kappa shape index (κ1) is 14.6. The van der Waals surface area contributed by atoms with Crippen LogP contribution in [0.4, 0.5) is 8.78 Å². The van der Waals surface area contributed by atoms with E-state index in [1.54, 1.807) is 36.4 Å². The summed E-state index contributed by atoms with van der Waals surface area (Å²) in [6, 6.07) is 9.48. The number of halogens is 2. The van der Waals surface area contributed by atoms with E-state index in [1.165, 1.54) is 18.5 Å². The number of nitrogens with zero attached hydrogens (tertiary/aromatic N) is 2. The average molecular weight is 304 g/mol. The molecule has 1 aromatic carbocycles. The Morgan fingerprint density at radius 3 is 2.55 bits per heavy atom. The average Bonchev–Trinajstić information content (AvgIpc) is 2.56. The lowest BCUT2D eigenvalue weighted by Crippen LogP contribution is -2.64. The van der Waals surface area contributed by atoms with Gasteiger partial charge in [-0.25, -0.2) is 0 Å². The molecule has 2 aromatic rings. The van der Waals surface area contributed by atoms with E-state index in [0.29, 0.717) is 5.56 Å². The van der Waals surface area contributed by atoms with E-state index in [2.05, 4.69) is 4.98 Å². The summed E-state index contributed by atoms with van der Waals surface area (Å²) in [5.41, 5.74) is 0.865. The predicted octanol–water partition coefficient (Wildman–Crippen LogP) is 2.33. The Hall–Kier alpha value is -2.34. The van der Waals surface area contributed by atoms with Crippen LogP contribution in [0.2, 0.25) is 0 Å². The van der Waals surface area contributed by atoms with Crippen LogP contribution in [0.15, 0.2) is 54.9 Å². The molecule has 1 saturated heterocycles. The fourth-order valence-corrected chi connectivity index (χ4v) is 2.77. The molecule has 1 aromatic heterocycles. The number of pyridine rings is 1. The molecular formula is C16H14F2N2O2. The third-order valence-corrected chi connectivity index (χ3v) is 3.83. The van der Waals surface area contributed by atoms with E-state index < -0.39 is 30.5 Å². The van der Waals surface area contributed by atoms with Gasteiger partial charge in [0.15, 0.2) is 0 Å². The molecule has 1 N–H and O–H groups in total. The Morgan fingerprint density at radius 2 is 1.95 bits per heavy atom. The van der Waals surface area contributed by atoms with Crippen molar-refractivity contribution in [2.75, 3.05) is 6.61 Å². The number of aliphatic hydroxyl groups is 1. The molecule has 1 amide bonds. The quantitative estimate of drug-likeness (QED) is 0.882. The minimum Gasteiger partial charge on any atom is -0.394 e. The van der Waals surface area contributed by atoms with Gasteiger partial charge < -0.3 is 10.0 Å². The molecule has 2 heterocycles. The fourth-order valence-electron chi connectivity index (χ4n) is 2.77. The monoisotopic (exact) mass is 304 g/mol. The highest BCUT2D eigenvalue weighted by Gasteiger charge is 2.65. The number of amides is 1. The summed E-state index contributed by atoms with van der Waals surface area (Å²) in [5, 5.41) is 9.61. The number of benzene rings is 1. The first-order chi connectivity index (χ1) is 10.6. The van der Waals surface area contributed by atoms with Gasteiger partial charge in [-0.05, 0) is 17.2 Å². The van der Waals surface area contributed by atoms with Crippen LogP contribution < -0.4 is 0 Å². The van der Waals surface area contributed by atoms with Gasteiger partial charge in [0.2, 0.25) is 0 Å². The number of aromatic nitrogens is 1. The Balaban J connectivity index is 1.99. The number of hydrogen-bond donors (Lipinski definition) is 1. The van der Waals surface area contributed by atoms with Crippen LogP contribution in [0, 0.1) is 0 Å². The van der Waals surface area contributed by atoms with Crippen LogP contribution in [-0.4, -0.2) is 33.4 Å². The van der Waals surface area contributed by atoms with Crippen molar-refractivity contribution in [2.24, 2.45) is 0 Å². The largest absolute Gasteiger partial charge is 0.394 e. The van der Waals surface area contributed by atoms with Crippen molar-refractivity contribution < 1.29 is 18.7 Å². The molecule has 2 atom stereocenters. The third-order valence-electron chi connectivity index (χ3n) is 3.83. The molecule has 4 nitrogen and oxygen atoms in total. The highest BCUT2D eigenvalue weighted by molar-refractivity contribution is 5.92. The SMILES string of the molecule is O=C1N([C@@H](CO)c2ccccc2)[C@@H](c2cccnc2)C1(F)F. The van der Waals surface area contributed by atoms with Gasteiger partial charge in [0.1, 0.15) is 6.04 Å². The van der Waals surface area contributed by atoms with Crippen molar-refractivity contribution in [3.05, 3.63) is 66.0 Å². The highest BCUT2D eigenvalue weighted by Crippen LogP contribution is 2.51. The normalized spacial score (nSPS) is 21.3. The van der Waals surface area contributed by atoms with E-state index in [4.69, 9.17) is 0 Å². The Labute approximate surface area is 126 Å². The van der Waals surface area contributed by atoms with Gasteiger partial charge in [-0.1, -0.05) is 36.4 Å². The molecular weight excluding hydrogens is 290 g/mol. The predicted molar refractivity (Wildman–Crippen MR) is 75.0 cm³/mol. The lowest BCUT2D eigenvalue weighted by molar-refractivity contribution is -0.215. The van der Waals surface area contributed by atoms with Crippen molar-refractivity contribution in [3.63, 3.8) is 0 Å². The van der Waals surface area contributed by atoms with Crippen molar-refractivity contribution in [3.8, 4) is 0 Å². The van der Waals surface area contributed by atoms with Gasteiger partial charge >= 0.3 is 5.92 Å². The number of likely N-dealkylation sites (tertiary alicyclic amines) is 1. The molecule has 22 heavy (non-hydrogen) atoms. The van der Waals surface area contributed by atoms with Crippen LogP contribution in [-0.2, 0) is 4.79 Å². The zero-order chi connectivity index (χ0) is 15.7. The van der Waals surface area contributed by atoms with Crippen molar-refractivity contribution in [1.82, 2.24) is 9.88 Å². The number of alkyl halides is 2. The number of carbonyl (C=O) groups is 1. The number of aliphatic hydroxyl groups excluding tert-OH is 1. The lowest BCUT2D eigenvalue weighted by atomic mass is 9.87. The summed E-state index contributed by atoms with van der Waals surface area (Å²) in [6.45, 7) is -0.428. The number of hydrogen-bond acceptors (Lipinski definition) is 3. The van der Waals surface area contributed by atoms with E-state index in [9.17, 15) is 18.7 Å². The van der Waals surface area contributed by atoms with Gasteiger partial charge in [0.05, 0.1) is 12.6 Å². The van der Waals surface area contributed by atoms with Crippen LogP contribution in [0.5, 0.6) is 0 Å². The molecule has 0 saturated carbocycles. The molecule has 0 bridgehead atoms. The van der Waals surface area contributed by atoms with Gasteiger partial charge in [0.25, 0.3) is 5.91 Å².